The summed E-state index contributed by atoms with van der Waals surface area (Å²) in [5.41, 5.74) is 2.99. The van der Waals surface area contributed by atoms with E-state index in [1.54, 1.807) is 11.3 Å². The van der Waals surface area contributed by atoms with Gasteiger partial charge in [0, 0.05) is 33.8 Å². The van der Waals surface area contributed by atoms with Crippen LogP contribution in [0.15, 0.2) is 59.1 Å². The molecule has 1 N–H and O–H groups in total. The molecule has 0 radical (unpaired) electrons. The molecular weight excluding hydrogens is 376 g/mol. The van der Waals surface area contributed by atoms with E-state index < -0.39 is 0 Å². The van der Waals surface area contributed by atoms with Crippen LogP contribution in [-0.4, -0.2) is 26.4 Å². The Kier molecular flexibility index (Phi) is 4.96. The lowest BCUT2D eigenvalue weighted by atomic mass is 10.2. The number of aryl methyl sites for hydroxylation is 1. The summed E-state index contributed by atoms with van der Waals surface area (Å²) in [6, 6.07) is 16.0. The molecule has 0 aliphatic rings. The first-order chi connectivity index (χ1) is 13.1. The second kappa shape index (κ2) is 7.54. The summed E-state index contributed by atoms with van der Waals surface area (Å²) in [6.45, 7) is 2.00. The number of rotatable bonds is 5. The predicted molar refractivity (Wildman–Crippen MR) is 112 cm³/mol. The summed E-state index contributed by atoms with van der Waals surface area (Å²) in [4.78, 5) is 12.2. The van der Waals surface area contributed by atoms with E-state index in [1.807, 2.05) is 54.9 Å². The normalized spacial score (nSPS) is 11.0. The molecule has 0 spiro atoms. The minimum atomic E-state index is -0.0591. The van der Waals surface area contributed by atoms with E-state index in [0.717, 1.165) is 27.8 Å². The van der Waals surface area contributed by atoms with Crippen LogP contribution < -0.4 is 5.32 Å². The molecule has 0 unspecified atom stereocenters. The second-order valence-electron chi connectivity index (χ2n) is 6.22. The lowest BCUT2D eigenvalue weighted by Crippen LogP contribution is -2.14. The van der Waals surface area contributed by atoms with Crippen LogP contribution >= 0.6 is 23.1 Å². The van der Waals surface area contributed by atoms with Crippen molar-refractivity contribution >= 4 is 44.8 Å². The molecule has 4 aromatic rings. The van der Waals surface area contributed by atoms with E-state index in [0.29, 0.717) is 0 Å². The van der Waals surface area contributed by atoms with Crippen LogP contribution in [0, 0.1) is 6.92 Å². The highest BCUT2D eigenvalue weighted by molar-refractivity contribution is 7.99. The third kappa shape index (κ3) is 3.74. The SMILES string of the molecule is Cc1cccc(NC(=O)CSc2nnc(-c3csc4ccccc34)n2C)c1. The number of carbonyl (C=O) groups excluding carboxylic acids is 1. The third-order valence-corrected chi connectivity index (χ3v) is 6.17. The van der Waals surface area contributed by atoms with E-state index in [9.17, 15) is 4.79 Å². The van der Waals surface area contributed by atoms with Gasteiger partial charge in [-0.15, -0.1) is 21.5 Å². The number of hydrogen-bond acceptors (Lipinski definition) is 5. The minimum absolute atomic E-state index is 0.0591. The summed E-state index contributed by atoms with van der Waals surface area (Å²) >= 11 is 3.08. The molecule has 4 rings (SSSR count). The number of thioether (sulfide) groups is 1. The van der Waals surface area contributed by atoms with E-state index in [4.69, 9.17) is 0 Å². The molecular formula is C20H18N4OS2. The molecule has 0 saturated heterocycles. The fraction of sp³-hybridized carbons (Fsp3) is 0.150. The van der Waals surface area contributed by atoms with Gasteiger partial charge in [0.25, 0.3) is 0 Å². The number of amides is 1. The highest BCUT2D eigenvalue weighted by Gasteiger charge is 2.16. The van der Waals surface area contributed by atoms with Crippen LogP contribution in [0.4, 0.5) is 5.69 Å². The maximum Gasteiger partial charge on any atom is 0.234 e. The van der Waals surface area contributed by atoms with Crippen LogP contribution in [0.1, 0.15) is 5.56 Å². The van der Waals surface area contributed by atoms with Gasteiger partial charge in [0.05, 0.1) is 5.75 Å². The van der Waals surface area contributed by atoms with Gasteiger partial charge in [-0.25, -0.2) is 0 Å². The van der Waals surface area contributed by atoms with Crippen LogP contribution in [0.3, 0.4) is 0 Å². The van der Waals surface area contributed by atoms with E-state index in [2.05, 4.69) is 33.0 Å². The summed E-state index contributed by atoms with van der Waals surface area (Å²) in [5.74, 6) is 1.04. The maximum absolute atomic E-state index is 12.2. The van der Waals surface area contributed by atoms with Gasteiger partial charge in [-0.1, -0.05) is 42.1 Å². The number of aromatic nitrogens is 3. The Morgan fingerprint density at radius 2 is 2.04 bits per heavy atom. The maximum atomic E-state index is 12.2. The average Bonchev–Trinajstić information content (AvgIpc) is 3.23. The fourth-order valence-electron chi connectivity index (χ4n) is 2.88. The zero-order valence-corrected chi connectivity index (χ0v) is 16.6. The van der Waals surface area contributed by atoms with Gasteiger partial charge in [0.1, 0.15) is 0 Å². The van der Waals surface area contributed by atoms with E-state index >= 15 is 0 Å². The van der Waals surface area contributed by atoms with Crippen molar-refractivity contribution in [3.63, 3.8) is 0 Å². The molecule has 0 atom stereocenters. The Balaban J connectivity index is 1.47. The smallest absolute Gasteiger partial charge is 0.234 e. The number of nitrogens with one attached hydrogen (secondary N) is 1. The number of anilines is 1. The van der Waals surface area contributed by atoms with Gasteiger partial charge < -0.3 is 9.88 Å². The zero-order valence-electron chi connectivity index (χ0n) is 15.0. The molecule has 136 valence electrons. The topological polar surface area (TPSA) is 59.8 Å². The van der Waals surface area contributed by atoms with Crippen molar-refractivity contribution < 1.29 is 4.79 Å². The van der Waals surface area contributed by atoms with Crippen molar-refractivity contribution in [2.75, 3.05) is 11.1 Å². The summed E-state index contributed by atoms with van der Waals surface area (Å²) < 4.78 is 3.17. The molecule has 2 aromatic carbocycles. The standard InChI is InChI=1S/C20H18N4OS2/c1-13-6-5-7-14(10-13)21-18(25)12-27-20-23-22-19(24(20)2)16-11-26-17-9-4-3-8-15(16)17/h3-11H,12H2,1-2H3,(H,21,25). The Bertz CT molecular complexity index is 1120. The molecule has 0 aliphatic carbocycles. The van der Waals surface area contributed by atoms with Crippen LogP contribution in [0.2, 0.25) is 0 Å². The van der Waals surface area contributed by atoms with Gasteiger partial charge in [-0.3, -0.25) is 4.79 Å². The van der Waals surface area contributed by atoms with Crippen LogP contribution in [-0.2, 0) is 11.8 Å². The van der Waals surface area contributed by atoms with Gasteiger partial charge >= 0.3 is 0 Å². The lowest BCUT2D eigenvalue weighted by molar-refractivity contribution is -0.113. The highest BCUT2D eigenvalue weighted by atomic mass is 32.2. The summed E-state index contributed by atoms with van der Waals surface area (Å²) in [7, 11) is 1.93. The van der Waals surface area contributed by atoms with E-state index in [-0.39, 0.29) is 11.7 Å². The van der Waals surface area contributed by atoms with Crippen molar-refractivity contribution in [2.24, 2.45) is 7.05 Å². The van der Waals surface area contributed by atoms with Crippen LogP contribution in [0.25, 0.3) is 21.5 Å². The number of nitrogens with zero attached hydrogens (tertiary/aromatic N) is 3. The zero-order chi connectivity index (χ0) is 18.8. The van der Waals surface area contributed by atoms with Crippen LogP contribution in [0.5, 0.6) is 0 Å². The minimum Gasteiger partial charge on any atom is -0.325 e. The number of fused-ring (bicyclic) bond motifs is 1. The quantitative estimate of drug-likeness (QED) is 0.497. The second-order valence-corrected chi connectivity index (χ2v) is 8.07. The Morgan fingerprint density at radius 3 is 2.89 bits per heavy atom. The van der Waals surface area contributed by atoms with Crippen molar-refractivity contribution in [1.29, 1.82) is 0 Å². The molecule has 7 heteroatoms. The molecule has 5 nitrogen and oxygen atoms in total. The number of benzene rings is 2. The number of thiophene rings is 1. The molecule has 0 bridgehead atoms. The Labute approximate surface area is 165 Å². The van der Waals surface area contributed by atoms with E-state index in [1.165, 1.54) is 21.8 Å². The van der Waals surface area contributed by atoms with Gasteiger partial charge in [-0.05, 0) is 30.7 Å². The lowest BCUT2D eigenvalue weighted by Gasteiger charge is -2.06. The first-order valence-electron chi connectivity index (χ1n) is 8.47. The fourth-order valence-corrected chi connectivity index (χ4v) is 4.53. The molecule has 2 aromatic heterocycles. The molecule has 2 heterocycles. The van der Waals surface area contributed by atoms with Gasteiger partial charge in [0.15, 0.2) is 11.0 Å². The Morgan fingerprint density at radius 1 is 1.19 bits per heavy atom. The van der Waals surface area contributed by atoms with Gasteiger partial charge in [-0.2, -0.15) is 0 Å². The summed E-state index contributed by atoms with van der Waals surface area (Å²) in [6.07, 6.45) is 0. The monoisotopic (exact) mass is 394 g/mol. The molecule has 0 aliphatic heterocycles. The largest absolute Gasteiger partial charge is 0.325 e. The molecule has 1 amide bonds. The molecule has 27 heavy (non-hydrogen) atoms. The first-order valence-corrected chi connectivity index (χ1v) is 10.3. The first kappa shape index (κ1) is 17.8. The Hall–Kier alpha value is -2.64. The van der Waals surface area contributed by atoms with Crippen molar-refractivity contribution in [1.82, 2.24) is 14.8 Å². The average molecular weight is 395 g/mol. The number of carbonyl (C=O) groups is 1. The van der Waals surface area contributed by atoms with Gasteiger partial charge in [0.2, 0.25) is 5.91 Å². The van der Waals surface area contributed by atoms with Crippen molar-refractivity contribution in [3.05, 3.63) is 59.5 Å². The van der Waals surface area contributed by atoms with Crippen molar-refractivity contribution in [2.45, 2.75) is 12.1 Å². The highest BCUT2D eigenvalue weighted by Crippen LogP contribution is 2.33. The molecule has 0 fully saturated rings. The number of hydrogen-bond donors (Lipinski definition) is 1. The summed E-state index contributed by atoms with van der Waals surface area (Å²) in [5, 5.41) is 15.5. The molecule has 0 saturated carbocycles. The van der Waals surface area contributed by atoms with Crippen molar-refractivity contribution in [3.8, 4) is 11.4 Å². The predicted octanol–water partition coefficient (Wildman–Crippen LogP) is 4.74. The third-order valence-electron chi connectivity index (χ3n) is 4.19.